The Morgan fingerprint density at radius 1 is 1.15 bits per heavy atom. The largest absolute Gasteiger partial charge is 0.355 e. The van der Waals surface area contributed by atoms with Crippen LogP contribution in [0.3, 0.4) is 0 Å². The number of likely N-dealkylation sites (N-methyl/N-ethyl adjacent to an activating group) is 1. The highest BCUT2D eigenvalue weighted by Crippen LogP contribution is 2.22. The molecule has 0 spiro atoms. The summed E-state index contributed by atoms with van der Waals surface area (Å²) in [6.07, 6.45) is 0.706. The molecule has 0 atom stereocenters. The van der Waals surface area contributed by atoms with Gasteiger partial charge < -0.3 is 5.32 Å². The minimum absolute atomic E-state index is 0.116. The van der Waals surface area contributed by atoms with E-state index < -0.39 is 10.0 Å². The van der Waals surface area contributed by atoms with E-state index in [9.17, 15) is 13.2 Å². The Hall–Kier alpha value is -1.70. The Balaban J connectivity index is 1.82. The molecule has 1 amide bonds. The number of nitrogens with one attached hydrogen (secondary N) is 1. The van der Waals surface area contributed by atoms with E-state index >= 15 is 0 Å². The zero-order chi connectivity index (χ0) is 19.4. The van der Waals surface area contributed by atoms with Crippen LogP contribution in [0.25, 0.3) is 0 Å². The van der Waals surface area contributed by atoms with Crippen LogP contribution >= 0.6 is 11.3 Å². The zero-order valence-electron chi connectivity index (χ0n) is 15.7. The average molecular weight is 395 g/mol. The maximum Gasteiger partial charge on any atom is 0.252 e. The monoisotopic (exact) mass is 394 g/mol. The molecule has 0 saturated heterocycles. The summed E-state index contributed by atoms with van der Waals surface area (Å²) in [5.74, 6) is -0.307. The molecular formula is C19H26N2O3S2. The van der Waals surface area contributed by atoms with Crippen LogP contribution in [0.5, 0.6) is 0 Å². The molecule has 1 heterocycles. The van der Waals surface area contributed by atoms with Crippen molar-refractivity contribution in [3.05, 3.63) is 52.9 Å². The van der Waals surface area contributed by atoms with Crippen molar-refractivity contribution in [2.45, 2.75) is 36.8 Å². The first-order valence-corrected chi connectivity index (χ1v) is 10.8. The second kappa shape index (κ2) is 8.33. The normalized spacial score (nSPS) is 12.3. The summed E-state index contributed by atoms with van der Waals surface area (Å²) >= 11 is 1.14. The van der Waals surface area contributed by atoms with Crippen LogP contribution in [0.15, 0.2) is 46.0 Å². The minimum Gasteiger partial charge on any atom is -0.355 e. The van der Waals surface area contributed by atoms with E-state index in [1.165, 1.54) is 18.7 Å². The van der Waals surface area contributed by atoms with Crippen LogP contribution in [0, 0.1) is 0 Å². The predicted octanol–water partition coefficient (Wildman–Crippen LogP) is 3.03. The smallest absolute Gasteiger partial charge is 0.252 e. The quantitative estimate of drug-likeness (QED) is 0.785. The Labute approximate surface area is 160 Å². The average Bonchev–Trinajstić information content (AvgIpc) is 3.09. The molecule has 1 aromatic heterocycles. The highest BCUT2D eigenvalue weighted by molar-refractivity contribution is 7.91. The highest BCUT2D eigenvalue weighted by Gasteiger charge is 2.23. The molecule has 2 rings (SSSR count). The van der Waals surface area contributed by atoms with Crippen molar-refractivity contribution in [2.24, 2.45) is 0 Å². The maximum absolute atomic E-state index is 12.3. The van der Waals surface area contributed by atoms with Gasteiger partial charge in [-0.15, -0.1) is 11.3 Å². The highest BCUT2D eigenvalue weighted by atomic mass is 32.2. The topological polar surface area (TPSA) is 66.5 Å². The Morgan fingerprint density at radius 3 is 2.35 bits per heavy atom. The van der Waals surface area contributed by atoms with Gasteiger partial charge in [-0.05, 0) is 34.4 Å². The Bertz CT molecular complexity index is 821. The summed E-state index contributed by atoms with van der Waals surface area (Å²) in [5.41, 5.74) is 2.52. The van der Waals surface area contributed by atoms with E-state index in [2.05, 4.69) is 50.4 Å². The molecule has 0 saturated carbocycles. The fraction of sp³-hybridized carbons (Fsp3) is 0.421. The number of carbonyl (C=O) groups is 1. The number of hydrogen-bond acceptors (Lipinski definition) is 4. The number of rotatable bonds is 7. The summed E-state index contributed by atoms with van der Waals surface area (Å²) in [6, 6.07) is 11.6. The molecule has 0 aliphatic rings. The second-order valence-electron chi connectivity index (χ2n) is 7.24. The molecule has 5 nitrogen and oxygen atoms in total. The number of benzene rings is 1. The van der Waals surface area contributed by atoms with Gasteiger partial charge in [0.1, 0.15) is 4.21 Å². The number of carbonyl (C=O) groups excluding carboxylic acids is 1. The van der Waals surface area contributed by atoms with Gasteiger partial charge in [-0.25, -0.2) is 8.42 Å². The van der Waals surface area contributed by atoms with Gasteiger partial charge in [0.2, 0.25) is 5.91 Å². The molecule has 2 aromatic rings. The zero-order valence-corrected chi connectivity index (χ0v) is 17.3. The van der Waals surface area contributed by atoms with Crippen LogP contribution in [0.1, 0.15) is 31.9 Å². The SMILES string of the molecule is CN(CC(=O)NCCc1ccc(C(C)(C)C)cc1)S(=O)(=O)c1cccs1. The molecule has 1 aromatic carbocycles. The van der Waals surface area contributed by atoms with Gasteiger partial charge >= 0.3 is 0 Å². The van der Waals surface area contributed by atoms with Gasteiger partial charge in [-0.3, -0.25) is 4.79 Å². The molecule has 0 fully saturated rings. The van der Waals surface area contributed by atoms with Crippen molar-refractivity contribution < 1.29 is 13.2 Å². The number of thiophene rings is 1. The molecule has 7 heteroatoms. The van der Waals surface area contributed by atoms with Gasteiger partial charge in [0.25, 0.3) is 10.0 Å². The predicted molar refractivity (Wildman–Crippen MR) is 106 cm³/mol. The lowest BCUT2D eigenvalue weighted by molar-refractivity contribution is -0.121. The Morgan fingerprint density at radius 2 is 1.81 bits per heavy atom. The summed E-state index contributed by atoms with van der Waals surface area (Å²) in [6.45, 7) is 6.79. The first-order chi connectivity index (χ1) is 12.1. The van der Waals surface area contributed by atoms with E-state index in [0.29, 0.717) is 13.0 Å². The third-order valence-electron chi connectivity index (χ3n) is 4.08. The lowest BCUT2D eigenvalue weighted by Gasteiger charge is -2.19. The van der Waals surface area contributed by atoms with Crippen molar-refractivity contribution in [2.75, 3.05) is 20.1 Å². The minimum atomic E-state index is -3.60. The van der Waals surface area contributed by atoms with Gasteiger partial charge in [0.05, 0.1) is 6.54 Å². The molecule has 0 bridgehead atoms. The van der Waals surface area contributed by atoms with Crippen molar-refractivity contribution in [3.63, 3.8) is 0 Å². The van der Waals surface area contributed by atoms with Gasteiger partial charge in [0.15, 0.2) is 0 Å². The number of nitrogens with zero attached hydrogens (tertiary/aromatic N) is 1. The molecule has 0 radical (unpaired) electrons. The molecule has 26 heavy (non-hydrogen) atoms. The van der Waals surface area contributed by atoms with Crippen molar-refractivity contribution >= 4 is 27.3 Å². The van der Waals surface area contributed by atoms with Crippen LogP contribution in [-0.4, -0.2) is 38.8 Å². The summed E-state index contributed by atoms with van der Waals surface area (Å²) < 4.78 is 25.9. The summed E-state index contributed by atoms with van der Waals surface area (Å²) in [7, 11) is -2.18. The van der Waals surface area contributed by atoms with Gasteiger partial charge in [-0.2, -0.15) is 4.31 Å². The fourth-order valence-electron chi connectivity index (χ4n) is 2.42. The summed E-state index contributed by atoms with van der Waals surface area (Å²) in [5, 5.41) is 4.48. The first-order valence-electron chi connectivity index (χ1n) is 8.46. The van der Waals surface area contributed by atoms with E-state index in [4.69, 9.17) is 0 Å². The van der Waals surface area contributed by atoms with Crippen LogP contribution in [-0.2, 0) is 26.7 Å². The number of sulfonamides is 1. The van der Waals surface area contributed by atoms with Gasteiger partial charge in [0, 0.05) is 13.6 Å². The third kappa shape index (κ3) is 5.40. The standard InChI is InChI=1S/C19H26N2O3S2/c1-19(2,3)16-9-7-15(8-10-16)11-12-20-17(22)14-21(4)26(23,24)18-6-5-13-25-18/h5-10,13H,11-12,14H2,1-4H3,(H,20,22). The Kier molecular flexibility index (Phi) is 6.60. The first kappa shape index (κ1) is 20.6. The van der Waals surface area contributed by atoms with E-state index in [0.717, 1.165) is 21.2 Å². The molecule has 142 valence electrons. The lowest BCUT2D eigenvalue weighted by Crippen LogP contribution is -2.38. The van der Waals surface area contributed by atoms with Crippen molar-refractivity contribution in [3.8, 4) is 0 Å². The molecule has 1 N–H and O–H groups in total. The number of hydrogen-bond donors (Lipinski definition) is 1. The van der Waals surface area contributed by atoms with Gasteiger partial charge in [-0.1, -0.05) is 51.1 Å². The van der Waals surface area contributed by atoms with Crippen LogP contribution < -0.4 is 5.32 Å². The summed E-state index contributed by atoms with van der Waals surface area (Å²) in [4.78, 5) is 12.0. The maximum atomic E-state index is 12.3. The number of amides is 1. The van der Waals surface area contributed by atoms with Crippen molar-refractivity contribution in [1.29, 1.82) is 0 Å². The molecule has 0 aliphatic carbocycles. The van der Waals surface area contributed by atoms with Crippen LogP contribution in [0.2, 0.25) is 0 Å². The second-order valence-corrected chi connectivity index (χ2v) is 10.5. The van der Waals surface area contributed by atoms with E-state index in [-0.39, 0.29) is 22.1 Å². The molecule has 0 aliphatic heterocycles. The molecular weight excluding hydrogens is 368 g/mol. The molecule has 0 unspecified atom stereocenters. The third-order valence-corrected chi connectivity index (χ3v) is 7.26. The van der Waals surface area contributed by atoms with E-state index in [1.54, 1.807) is 11.4 Å². The van der Waals surface area contributed by atoms with Crippen LogP contribution in [0.4, 0.5) is 0 Å². The lowest BCUT2D eigenvalue weighted by atomic mass is 9.86. The fourth-order valence-corrected chi connectivity index (χ4v) is 4.75. The van der Waals surface area contributed by atoms with Crippen molar-refractivity contribution in [1.82, 2.24) is 9.62 Å². The van der Waals surface area contributed by atoms with E-state index in [1.807, 2.05) is 0 Å².